The third-order valence-corrected chi connectivity index (χ3v) is 4.89. The number of amides is 1. The number of aliphatic carboxylic acids is 1. The van der Waals surface area contributed by atoms with Crippen LogP contribution in [-0.4, -0.2) is 51.3 Å². The van der Waals surface area contributed by atoms with Gasteiger partial charge in [-0.2, -0.15) is 0 Å². The second-order valence-corrected chi connectivity index (χ2v) is 9.08. The molecule has 0 aliphatic carbocycles. The van der Waals surface area contributed by atoms with E-state index in [-0.39, 0.29) is 17.8 Å². The largest absolute Gasteiger partial charge is 0.479 e. The van der Waals surface area contributed by atoms with Crippen molar-refractivity contribution in [3.63, 3.8) is 0 Å². The van der Waals surface area contributed by atoms with E-state index in [1.807, 2.05) is 12.1 Å². The average Bonchev–Trinajstić information content (AvgIpc) is 2.55. The molecule has 2 atom stereocenters. The van der Waals surface area contributed by atoms with Gasteiger partial charge >= 0.3 is 5.97 Å². The summed E-state index contributed by atoms with van der Waals surface area (Å²) in [6, 6.07) is 7.16. The minimum absolute atomic E-state index is 0.0617. The SMILES string of the molecule is CC(C)(C)c1ccc(N(CCCl)C(=O)[C@H](O)[C@@](O)(C(=O)O)C(C)(C)C)cc1. The third-order valence-electron chi connectivity index (χ3n) is 4.72. The van der Waals surface area contributed by atoms with Gasteiger partial charge in [-0.3, -0.25) is 4.79 Å². The summed E-state index contributed by atoms with van der Waals surface area (Å²) in [4.78, 5) is 25.8. The van der Waals surface area contributed by atoms with Crippen molar-refractivity contribution >= 4 is 29.2 Å². The molecule has 0 unspecified atom stereocenters. The molecule has 0 heterocycles. The monoisotopic (exact) mass is 399 g/mol. The second-order valence-electron chi connectivity index (χ2n) is 8.70. The molecular weight excluding hydrogens is 370 g/mol. The molecule has 1 aromatic carbocycles. The van der Waals surface area contributed by atoms with E-state index >= 15 is 0 Å². The van der Waals surface area contributed by atoms with Crippen LogP contribution in [0.1, 0.15) is 47.1 Å². The zero-order chi connectivity index (χ0) is 21.2. The minimum Gasteiger partial charge on any atom is -0.479 e. The van der Waals surface area contributed by atoms with E-state index in [2.05, 4.69) is 20.8 Å². The van der Waals surface area contributed by atoms with Crippen LogP contribution in [0.15, 0.2) is 24.3 Å². The van der Waals surface area contributed by atoms with Crippen molar-refractivity contribution in [2.75, 3.05) is 17.3 Å². The van der Waals surface area contributed by atoms with Crippen LogP contribution in [-0.2, 0) is 15.0 Å². The van der Waals surface area contributed by atoms with Gasteiger partial charge in [0.2, 0.25) is 5.60 Å². The number of rotatable bonds is 6. The highest BCUT2D eigenvalue weighted by molar-refractivity contribution is 6.18. The first-order chi connectivity index (χ1) is 12.2. The number of carboxylic acid groups (broad SMARTS) is 1. The van der Waals surface area contributed by atoms with E-state index in [9.17, 15) is 24.9 Å². The van der Waals surface area contributed by atoms with Gasteiger partial charge in [0.15, 0.2) is 6.10 Å². The lowest BCUT2D eigenvalue weighted by Crippen LogP contribution is -2.63. The predicted molar refractivity (Wildman–Crippen MR) is 106 cm³/mol. The van der Waals surface area contributed by atoms with Gasteiger partial charge in [0.1, 0.15) is 0 Å². The maximum atomic E-state index is 12.9. The molecular formula is C20H30ClNO5. The second kappa shape index (κ2) is 8.17. The molecule has 0 aromatic heterocycles. The number of anilines is 1. The quantitative estimate of drug-likeness (QED) is 0.639. The highest BCUT2D eigenvalue weighted by Gasteiger charge is 2.56. The number of nitrogens with zero attached hydrogens (tertiary/aromatic N) is 1. The smallest absolute Gasteiger partial charge is 0.339 e. The van der Waals surface area contributed by atoms with Gasteiger partial charge in [0, 0.05) is 23.5 Å². The van der Waals surface area contributed by atoms with Crippen molar-refractivity contribution in [1.82, 2.24) is 0 Å². The average molecular weight is 400 g/mol. The van der Waals surface area contributed by atoms with Crippen LogP contribution in [0.2, 0.25) is 0 Å². The molecule has 0 saturated heterocycles. The molecule has 0 aliphatic rings. The zero-order valence-electron chi connectivity index (χ0n) is 16.8. The number of halogens is 1. The molecule has 7 heteroatoms. The maximum Gasteiger partial charge on any atom is 0.339 e. The number of aliphatic hydroxyl groups is 2. The molecule has 0 aliphatic heterocycles. The summed E-state index contributed by atoms with van der Waals surface area (Å²) in [6.07, 6.45) is -2.15. The molecule has 6 nitrogen and oxygen atoms in total. The van der Waals surface area contributed by atoms with Crippen LogP contribution in [0.3, 0.4) is 0 Å². The fraction of sp³-hybridized carbons (Fsp3) is 0.600. The van der Waals surface area contributed by atoms with Crippen molar-refractivity contribution in [3.8, 4) is 0 Å². The maximum absolute atomic E-state index is 12.9. The molecule has 27 heavy (non-hydrogen) atoms. The molecule has 3 N–H and O–H groups in total. The number of hydrogen-bond donors (Lipinski definition) is 3. The fourth-order valence-electron chi connectivity index (χ4n) is 2.77. The van der Waals surface area contributed by atoms with E-state index in [0.29, 0.717) is 5.69 Å². The number of carboxylic acids is 1. The summed E-state index contributed by atoms with van der Waals surface area (Å²) in [7, 11) is 0. The van der Waals surface area contributed by atoms with Gasteiger partial charge in [-0.25, -0.2) is 4.79 Å². The Morgan fingerprint density at radius 3 is 1.89 bits per heavy atom. The Morgan fingerprint density at radius 2 is 1.56 bits per heavy atom. The number of carbonyl (C=O) groups is 2. The third kappa shape index (κ3) is 4.81. The van der Waals surface area contributed by atoms with E-state index in [4.69, 9.17) is 11.6 Å². The van der Waals surface area contributed by atoms with Gasteiger partial charge in [-0.15, -0.1) is 11.6 Å². The van der Waals surface area contributed by atoms with Crippen molar-refractivity contribution in [2.24, 2.45) is 5.41 Å². The predicted octanol–water partition coefficient (Wildman–Crippen LogP) is 2.78. The standard InChI is InChI=1S/C20H30ClNO5/c1-18(2,3)13-7-9-14(10-8-13)22(12-11-21)16(24)15(23)20(27,17(25)26)19(4,5)6/h7-10,15,23,27H,11-12H2,1-6H3,(H,25,26)/t15-,20+/m0/s1. The number of alkyl halides is 1. The normalized spacial score (nSPS) is 15.7. The van der Waals surface area contributed by atoms with E-state index < -0.39 is 29.0 Å². The Hall–Kier alpha value is -1.63. The van der Waals surface area contributed by atoms with Crippen molar-refractivity contribution in [1.29, 1.82) is 0 Å². The zero-order valence-corrected chi connectivity index (χ0v) is 17.5. The summed E-state index contributed by atoms with van der Waals surface area (Å²) in [5, 5.41) is 30.7. The van der Waals surface area contributed by atoms with Crippen molar-refractivity contribution in [2.45, 2.75) is 58.7 Å². The Bertz CT molecular complexity index is 675. The number of aliphatic hydroxyl groups excluding tert-OH is 1. The Balaban J connectivity index is 3.30. The molecule has 0 spiro atoms. The molecule has 0 saturated carbocycles. The number of hydrogen-bond acceptors (Lipinski definition) is 4. The first-order valence-electron chi connectivity index (χ1n) is 8.79. The van der Waals surface area contributed by atoms with Gasteiger partial charge in [0.25, 0.3) is 5.91 Å². The van der Waals surface area contributed by atoms with Crippen LogP contribution in [0, 0.1) is 5.41 Å². The van der Waals surface area contributed by atoms with E-state index in [0.717, 1.165) is 5.56 Å². The lowest BCUT2D eigenvalue weighted by atomic mass is 9.72. The molecule has 0 radical (unpaired) electrons. The molecule has 0 bridgehead atoms. The highest BCUT2D eigenvalue weighted by Crippen LogP contribution is 2.35. The number of carbonyl (C=O) groups excluding carboxylic acids is 1. The fourth-order valence-corrected chi connectivity index (χ4v) is 2.94. The van der Waals surface area contributed by atoms with E-state index in [1.54, 1.807) is 12.1 Å². The van der Waals surface area contributed by atoms with Crippen molar-refractivity contribution in [3.05, 3.63) is 29.8 Å². The van der Waals surface area contributed by atoms with Crippen LogP contribution in [0.4, 0.5) is 5.69 Å². The highest BCUT2D eigenvalue weighted by atomic mass is 35.5. The van der Waals surface area contributed by atoms with Crippen LogP contribution < -0.4 is 4.90 Å². The summed E-state index contributed by atoms with van der Waals surface area (Å²) in [5.74, 6) is -2.50. The van der Waals surface area contributed by atoms with Gasteiger partial charge < -0.3 is 20.2 Å². The van der Waals surface area contributed by atoms with Crippen molar-refractivity contribution < 1.29 is 24.9 Å². The Kier molecular flexibility index (Phi) is 7.08. The summed E-state index contributed by atoms with van der Waals surface area (Å²) in [5.41, 5.74) is -2.48. The first-order valence-corrected chi connectivity index (χ1v) is 9.33. The van der Waals surface area contributed by atoms with Crippen LogP contribution in [0.25, 0.3) is 0 Å². The lowest BCUT2D eigenvalue weighted by Gasteiger charge is -2.40. The summed E-state index contributed by atoms with van der Waals surface area (Å²) in [6.45, 7) is 10.6. The van der Waals surface area contributed by atoms with Crippen LogP contribution >= 0.6 is 11.6 Å². The van der Waals surface area contributed by atoms with E-state index in [1.165, 1.54) is 25.7 Å². The topological polar surface area (TPSA) is 98.1 Å². The minimum atomic E-state index is -2.65. The van der Waals surface area contributed by atoms with Gasteiger partial charge in [0.05, 0.1) is 0 Å². The summed E-state index contributed by atoms with van der Waals surface area (Å²) < 4.78 is 0. The Morgan fingerprint density at radius 1 is 1.07 bits per heavy atom. The van der Waals surface area contributed by atoms with Gasteiger partial charge in [-0.05, 0) is 23.1 Å². The number of benzene rings is 1. The van der Waals surface area contributed by atoms with Crippen LogP contribution in [0.5, 0.6) is 0 Å². The molecule has 152 valence electrons. The lowest BCUT2D eigenvalue weighted by molar-refractivity contribution is -0.194. The Labute approximate surface area is 165 Å². The molecule has 1 aromatic rings. The summed E-state index contributed by atoms with van der Waals surface area (Å²) >= 11 is 5.81. The molecule has 0 fully saturated rings. The first kappa shape index (κ1) is 23.4. The molecule has 1 amide bonds. The van der Waals surface area contributed by atoms with Gasteiger partial charge in [-0.1, -0.05) is 53.7 Å². The molecule has 1 rings (SSSR count).